The van der Waals surface area contributed by atoms with Crippen molar-refractivity contribution in [3.05, 3.63) is 17.0 Å². The molecule has 0 aliphatic carbocycles. The average molecular weight is 389 g/mol. The SMILES string of the molecule is Cc1ccc(S(=O)(=O)N2CCCC2C(=O)NCCC(C)(C)C(=O)O)s1. The van der Waals surface area contributed by atoms with E-state index in [1.54, 1.807) is 26.0 Å². The zero-order chi connectivity index (χ0) is 18.8. The van der Waals surface area contributed by atoms with E-state index in [0.29, 0.717) is 19.4 Å². The number of aliphatic carboxylic acids is 1. The van der Waals surface area contributed by atoms with Crippen molar-refractivity contribution in [1.82, 2.24) is 9.62 Å². The molecular weight excluding hydrogens is 364 g/mol. The van der Waals surface area contributed by atoms with Crippen molar-refractivity contribution < 1.29 is 23.1 Å². The molecule has 0 bridgehead atoms. The molecule has 1 aromatic heterocycles. The highest BCUT2D eigenvalue weighted by Crippen LogP contribution is 2.30. The minimum atomic E-state index is -3.68. The van der Waals surface area contributed by atoms with Crippen LogP contribution >= 0.6 is 11.3 Å². The van der Waals surface area contributed by atoms with Gasteiger partial charge >= 0.3 is 5.97 Å². The number of carboxylic acids is 1. The lowest BCUT2D eigenvalue weighted by Crippen LogP contribution is -2.46. The number of amides is 1. The third kappa shape index (κ3) is 4.39. The first-order valence-corrected chi connectivity index (χ1v) is 10.4. The molecule has 9 heteroatoms. The highest BCUT2D eigenvalue weighted by atomic mass is 32.2. The number of nitrogens with zero attached hydrogens (tertiary/aromatic N) is 1. The molecule has 25 heavy (non-hydrogen) atoms. The Bertz CT molecular complexity index is 754. The topological polar surface area (TPSA) is 104 Å². The number of carboxylic acid groups (broad SMARTS) is 1. The third-order valence-corrected chi connectivity index (χ3v) is 7.79. The average Bonchev–Trinajstić information content (AvgIpc) is 3.15. The van der Waals surface area contributed by atoms with Gasteiger partial charge in [0.1, 0.15) is 10.3 Å². The molecule has 0 aromatic carbocycles. The number of hydrogen-bond acceptors (Lipinski definition) is 5. The van der Waals surface area contributed by atoms with Gasteiger partial charge in [-0.1, -0.05) is 0 Å². The van der Waals surface area contributed by atoms with Crippen LogP contribution in [0.1, 0.15) is 38.0 Å². The van der Waals surface area contributed by atoms with Crippen molar-refractivity contribution in [2.45, 2.75) is 50.3 Å². The van der Waals surface area contributed by atoms with E-state index < -0.39 is 27.4 Å². The zero-order valence-corrected chi connectivity index (χ0v) is 16.2. The highest BCUT2D eigenvalue weighted by Gasteiger charge is 2.40. The van der Waals surface area contributed by atoms with Gasteiger partial charge in [-0.2, -0.15) is 4.31 Å². The minimum absolute atomic E-state index is 0.195. The fraction of sp³-hybridized carbons (Fsp3) is 0.625. The van der Waals surface area contributed by atoms with Gasteiger partial charge in [-0.05, 0) is 52.2 Å². The lowest BCUT2D eigenvalue weighted by Gasteiger charge is -2.24. The molecule has 1 saturated heterocycles. The molecule has 1 atom stereocenters. The molecule has 1 amide bonds. The predicted octanol–water partition coefficient (Wildman–Crippen LogP) is 1.83. The largest absolute Gasteiger partial charge is 0.481 e. The molecule has 0 radical (unpaired) electrons. The van der Waals surface area contributed by atoms with E-state index in [0.717, 1.165) is 4.88 Å². The second-order valence-corrected chi connectivity index (χ2v) is 10.3. The summed E-state index contributed by atoms with van der Waals surface area (Å²) in [6.45, 7) is 5.53. The van der Waals surface area contributed by atoms with E-state index in [1.807, 2.05) is 6.92 Å². The molecule has 1 fully saturated rings. The van der Waals surface area contributed by atoms with Crippen LogP contribution in [-0.2, 0) is 19.6 Å². The summed E-state index contributed by atoms with van der Waals surface area (Å²) >= 11 is 1.19. The first kappa shape index (κ1) is 19.9. The fourth-order valence-corrected chi connectivity index (χ4v) is 5.75. The molecule has 1 aliphatic rings. The van der Waals surface area contributed by atoms with Crippen molar-refractivity contribution in [2.24, 2.45) is 5.41 Å². The van der Waals surface area contributed by atoms with Gasteiger partial charge in [0.2, 0.25) is 5.91 Å². The van der Waals surface area contributed by atoms with Gasteiger partial charge in [-0.15, -0.1) is 11.3 Å². The van der Waals surface area contributed by atoms with Gasteiger partial charge in [0.05, 0.1) is 5.41 Å². The minimum Gasteiger partial charge on any atom is -0.481 e. The summed E-state index contributed by atoms with van der Waals surface area (Å²) in [7, 11) is -3.68. The maximum absolute atomic E-state index is 12.8. The predicted molar refractivity (Wildman–Crippen MR) is 95.0 cm³/mol. The Balaban J connectivity index is 2.03. The zero-order valence-electron chi connectivity index (χ0n) is 14.6. The van der Waals surface area contributed by atoms with Crippen molar-refractivity contribution in [1.29, 1.82) is 0 Å². The number of hydrogen-bond donors (Lipinski definition) is 2. The van der Waals surface area contributed by atoms with E-state index in [1.165, 1.54) is 15.6 Å². The number of aryl methyl sites for hydroxylation is 1. The second kappa shape index (κ2) is 7.43. The summed E-state index contributed by atoms with van der Waals surface area (Å²) in [6.07, 6.45) is 1.37. The second-order valence-electron chi connectivity index (χ2n) is 6.87. The van der Waals surface area contributed by atoms with Crippen LogP contribution in [0.15, 0.2) is 16.3 Å². The van der Waals surface area contributed by atoms with Gasteiger partial charge in [0.15, 0.2) is 0 Å². The molecule has 2 heterocycles. The number of rotatable bonds is 7. The Hall–Kier alpha value is -1.45. The van der Waals surface area contributed by atoms with Crippen LogP contribution in [0.25, 0.3) is 0 Å². The van der Waals surface area contributed by atoms with Crippen LogP contribution in [0, 0.1) is 12.3 Å². The van der Waals surface area contributed by atoms with Gasteiger partial charge < -0.3 is 10.4 Å². The smallest absolute Gasteiger partial charge is 0.309 e. The van der Waals surface area contributed by atoms with Crippen molar-refractivity contribution in [3.63, 3.8) is 0 Å². The summed E-state index contributed by atoms with van der Waals surface area (Å²) in [6, 6.07) is 2.58. The summed E-state index contributed by atoms with van der Waals surface area (Å²) in [5, 5.41) is 11.8. The molecule has 140 valence electrons. The Kier molecular flexibility index (Phi) is 5.90. The number of carbonyl (C=O) groups excluding carboxylic acids is 1. The van der Waals surface area contributed by atoms with Crippen molar-refractivity contribution in [2.75, 3.05) is 13.1 Å². The third-order valence-electron chi connectivity index (χ3n) is 4.41. The van der Waals surface area contributed by atoms with E-state index in [9.17, 15) is 18.0 Å². The van der Waals surface area contributed by atoms with Gasteiger partial charge in [0.25, 0.3) is 10.0 Å². The van der Waals surface area contributed by atoms with Crippen LogP contribution in [0.4, 0.5) is 0 Å². The monoisotopic (exact) mass is 388 g/mol. The van der Waals surface area contributed by atoms with E-state index in [-0.39, 0.29) is 23.1 Å². The quantitative estimate of drug-likeness (QED) is 0.742. The molecule has 2 N–H and O–H groups in total. The number of thiophene rings is 1. The van der Waals surface area contributed by atoms with Crippen LogP contribution < -0.4 is 5.32 Å². The first-order valence-electron chi connectivity index (χ1n) is 8.15. The van der Waals surface area contributed by atoms with Crippen LogP contribution in [0.2, 0.25) is 0 Å². The highest BCUT2D eigenvalue weighted by molar-refractivity contribution is 7.91. The summed E-state index contributed by atoms with van der Waals surface area (Å²) in [5.74, 6) is -1.30. The lowest BCUT2D eigenvalue weighted by atomic mass is 9.90. The number of nitrogens with one attached hydrogen (secondary N) is 1. The normalized spacial score (nSPS) is 19.1. The number of carbonyl (C=O) groups is 2. The first-order chi connectivity index (χ1) is 11.6. The molecule has 0 spiro atoms. The maximum atomic E-state index is 12.8. The van der Waals surface area contributed by atoms with E-state index >= 15 is 0 Å². The maximum Gasteiger partial charge on any atom is 0.309 e. The van der Waals surface area contributed by atoms with Gasteiger partial charge in [-0.3, -0.25) is 9.59 Å². The molecule has 1 aromatic rings. The molecular formula is C16H24N2O5S2. The van der Waals surface area contributed by atoms with Crippen LogP contribution in [-0.4, -0.2) is 48.8 Å². The summed E-state index contributed by atoms with van der Waals surface area (Å²) in [5.41, 5.74) is -0.941. The van der Waals surface area contributed by atoms with Crippen molar-refractivity contribution in [3.8, 4) is 0 Å². The van der Waals surface area contributed by atoms with Crippen molar-refractivity contribution >= 4 is 33.2 Å². The van der Waals surface area contributed by atoms with Gasteiger partial charge in [0, 0.05) is 18.0 Å². The van der Waals surface area contributed by atoms with Gasteiger partial charge in [-0.25, -0.2) is 8.42 Å². The Morgan fingerprint density at radius 2 is 2.08 bits per heavy atom. The standard InChI is InChI=1S/C16H24N2O5S2/c1-11-6-7-13(24-11)25(22,23)18-10-4-5-12(18)14(19)17-9-8-16(2,3)15(20)21/h6-7,12H,4-5,8-10H2,1-3H3,(H,17,19)(H,20,21). The summed E-state index contributed by atoms with van der Waals surface area (Å²) in [4.78, 5) is 24.4. The van der Waals surface area contributed by atoms with E-state index in [4.69, 9.17) is 5.11 Å². The Labute approximate surface area is 152 Å². The van der Waals surface area contributed by atoms with Crippen LogP contribution in [0.3, 0.4) is 0 Å². The molecule has 7 nitrogen and oxygen atoms in total. The summed E-state index contributed by atoms with van der Waals surface area (Å²) < 4.78 is 27.0. The molecule has 0 saturated carbocycles. The Morgan fingerprint density at radius 1 is 1.40 bits per heavy atom. The Morgan fingerprint density at radius 3 is 2.64 bits per heavy atom. The molecule has 1 aliphatic heterocycles. The molecule has 1 unspecified atom stereocenters. The van der Waals surface area contributed by atoms with E-state index in [2.05, 4.69) is 5.32 Å². The lowest BCUT2D eigenvalue weighted by molar-refractivity contribution is -0.147. The fourth-order valence-electron chi connectivity index (χ4n) is 2.68. The molecule has 2 rings (SSSR count). The van der Waals surface area contributed by atoms with Crippen LogP contribution in [0.5, 0.6) is 0 Å². The number of sulfonamides is 1.